The van der Waals surface area contributed by atoms with Crippen LogP contribution in [0.1, 0.15) is 25.8 Å². The molecule has 0 fully saturated rings. The number of benzene rings is 1. The largest absolute Gasteiger partial charge is 0.508 e. The van der Waals surface area contributed by atoms with Crippen molar-refractivity contribution < 1.29 is 15.0 Å². The first-order valence-electron chi connectivity index (χ1n) is 6.23. The molecule has 18 heavy (non-hydrogen) atoms. The number of rotatable bonds is 7. The SMILES string of the molecule is CC(C)CCNC(Cc1ccc(O)cc1)C(=O)O. The van der Waals surface area contributed by atoms with Crippen molar-refractivity contribution in [1.82, 2.24) is 5.32 Å². The highest BCUT2D eigenvalue weighted by Crippen LogP contribution is 2.11. The molecule has 1 aromatic carbocycles. The van der Waals surface area contributed by atoms with Crippen molar-refractivity contribution in [2.24, 2.45) is 5.92 Å². The number of nitrogens with one attached hydrogen (secondary N) is 1. The van der Waals surface area contributed by atoms with Gasteiger partial charge in [0.25, 0.3) is 0 Å². The molecule has 0 bridgehead atoms. The average Bonchev–Trinajstić information content (AvgIpc) is 2.30. The Labute approximate surface area is 108 Å². The third kappa shape index (κ3) is 5.19. The molecule has 0 aromatic heterocycles. The van der Waals surface area contributed by atoms with E-state index in [9.17, 15) is 9.90 Å². The smallest absolute Gasteiger partial charge is 0.321 e. The van der Waals surface area contributed by atoms with Crippen LogP contribution in [-0.2, 0) is 11.2 Å². The van der Waals surface area contributed by atoms with E-state index in [0.29, 0.717) is 18.9 Å². The summed E-state index contributed by atoms with van der Waals surface area (Å²) in [6.07, 6.45) is 1.38. The van der Waals surface area contributed by atoms with E-state index in [1.54, 1.807) is 24.3 Å². The number of carboxylic acid groups (broad SMARTS) is 1. The van der Waals surface area contributed by atoms with Gasteiger partial charge >= 0.3 is 5.97 Å². The quantitative estimate of drug-likeness (QED) is 0.693. The summed E-state index contributed by atoms with van der Waals surface area (Å²) in [5.74, 6) is -0.0918. The van der Waals surface area contributed by atoms with Gasteiger partial charge in [-0.15, -0.1) is 0 Å². The molecule has 4 heteroatoms. The van der Waals surface area contributed by atoms with E-state index in [1.165, 1.54) is 0 Å². The van der Waals surface area contributed by atoms with Crippen LogP contribution in [0.15, 0.2) is 24.3 Å². The summed E-state index contributed by atoms with van der Waals surface area (Å²) in [6, 6.07) is 6.06. The highest BCUT2D eigenvalue weighted by molar-refractivity contribution is 5.73. The molecular formula is C14H21NO3. The monoisotopic (exact) mass is 251 g/mol. The Bertz CT molecular complexity index is 373. The number of aromatic hydroxyl groups is 1. The van der Waals surface area contributed by atoms with Crippen LogP contribution in [-0.4, -0.2) is 28.8 Å². The molecular weight excluding hydrogens is 230 g/mol. The number of hydrogen-bond donors (Lipinski definition) is 3. The molecule has 0 saturated carbocycles. The minimum atomic E-state index is -0.841. The van der Waals surface area contributed by atoms with Gasteiger partial charge in [-0.05, 0) is 43.0 Å². The van der Waals surface area contributed by atoms with E-state index >= 15 is 0 Å². The molecule has 0 aliphatic carbocycles. The second-order valence-electron chi connectivity index (χ2n) is 4.90. The Morgan fingerprint density at radius 3 is 2.39 bits per heavy atom. The van der Waals surface area contributed by atoms with Crippen LogP contribution in [0.4, 0.5) is 0 Å². The van der Waals surface area contributed by atoms with Crippen LogP contribution in [0.2, 0.25) is 0 Å². The van der Waals surface area contributed by atoms with Crippen molar-refractivity contribution in [3.05, 3.63) is 29.8 Å². The number of phenols is 1. The topological polar surface area (TPSA) is 69.6 Å². The average molecular weight is 251 g/mol. The molecule has 0 heterocycles. The lowest BCUT2D eigenvalue weighted by molar-refractivity contribution is -0.139. The molecule has 0 amide bonds. The third-order valence-corrected chi connectivity index (χ3v) is 2.79. The molecule has 1 aromatic rings. The maximum Gasteiger partial charge on any atom is 0.321 e. The Morgan fingerprint density at radius 1 is 1.28 bits per heavy atom. The number of aliphatic carboxylic acids is 1. The predicted molar refractivity (Wildman–Crippen MR) is 70.7 cm³/mol. The van der Waals surface area contributed by atoms with Crippen LogP contribution in [0.5, 0.6) is 5.75 Å². The third-order valence-electron chi connectivity index (χ3n) is 2.79. The summed E-state index contributed by atoms with van der Waals surface area (Å²) in [5, 5.41) is 21.4. The van der Waals surface area contributed by atoms with E-state index in [4.69, 9.17) is 5.11 Å². The van der Waals surface area contributed by atoms with Crippen LogP contribution in [0.3, 0.4) is 0 Å². The van der Waals surface area contributed by atoms with Gasteiger partial charge in [-0.3, -0.25) is 4.79 Å². The van der Waals surface area contributed by atoms with Crippen molar-refractivity contribution >= 4 is 5.97 Å². The molecule has 1 atom stereocenters. The first kappa shape index (κ1) is 14.5. The summed E-state index contributed by atoms with van der Waals surface area (Å²) in [4.78, 5) is 11.1. The van der Waals surface area contributed by atoms with Crippen molar-refractivity contribution in [2.45, 2.75) is 32.7 Å². The summed E-state index contributed by atoms with van der Waals surface area (Å²) in [5.41, 5.74) is 0.900. The minimum Gasteiger partial charge on any atom is -0.508 e. The summed E-state index contributed by atoms with van der Waals surface area (Å²) in [7, 11) is 0. The Balaban J connectivity index is 2.52. The van der Waals surface area contributed by atoms with E-state index in [2.05, 4.69) is 19.2 Å². The molecule has 100 valence electrons. The molecule has 0 saturated heterocycles. The van der Waals surface area contributed by atoms with E-state index < -0.39 is 12.0 Å². The highest BCUT2D eigenvalue weighted by atomic mass is 16.4. The van der Waals surface area contributed by atoms with Crippen molar-refractivity contribution in [3.63, 3.8) is 0 Å². The Hall–Kier alpha value is -1.55. The number of carbonyl (C=O) groups is 1. The number of hydrogen-bond acceptors (Lipinski definition) is 3. The van der Waals surface area contributed by atoms with Crippen LogP contribution in [0.25, 0.3) is 0 Å². The predicted octanol–water partition coefficient (Wildman–Crippen LogP) is 2.02. The zero-order valence-corrected chi connectivity index (χ0v) is 10.9. The van der Waals surface area contributed by atoms with E-state index in [1.807, 2.05) is 0 Å². The van der Waals surface area contributed by atoms with Gasteiger partial charge in [-0.25, -0.2) is 0 Å². The maximum absolute atomic E-state index is 11.1. The lowest BCUT2D eigenvalue weighted by Gasteiger charge is -2.15. The standard InChI is InChI=1S/C14H21NO3/c1-10(2)7-8-15-13(14(17)18)9-11-3-5-12(16)6-4-11/h3-6,10,13,15-16H,7-9H2,1-2H3,(H,17,18). The zero-order valence-electron chi connectivity index (χ0n) is 10.9. The molecule has 0 spiro atoms. The normalized spacial score (nSPS) is 12.6. The van der Waals surface area contributed by atoms with Gasteiger partial charge in [0.1, 0.15) is 11.8 Å². The van der Waals surface area contributed by atoms with Gasteiger partial charge in [0, 0.05) is 0 Å². The lowest BCUT2D eigenvalue weighted by atomic mass is 10.1. The molecule has 1 rings (SSSR count). The summed E-state index contributed by atoms with van der Waals surface area (Å²) in [6.45, 7) is 4.92. The van der Waals surface area contributed by atoms with Gasteiger partial charge in [0.05, 0.1) is 0 Å². The van der Waals surface area contributed by atoms with E-state index in [-0.39, 0.29) is 5.75 Å². The van der Waals surface area contributed by atoms with Gasteiger partial charge in [0.2, 0.25) is 0 Å². The summed E-state index contributed by atoms with van der Waals surface area (Å²) >= 11 is 0. The Kier molecular flexibility index (Phi) is 5.65. The van der Waals surface area contributed by atoms with Crippen molar-refractivity contribution in [2.75, 3.05) is 6.54 Å². The number of phenolic OH excluding ortho intramolecular Hbond substituents is 1. The molecule has 0 radical (unpaired) electrons. The Morgan fingerprint density at radius 2 is 1.89 bits per heavy atom. The molecule has 3 N–H and O–H groups in total. The summed E-state index contributed by atoms with van der Waals surface area (Å²) < 4.78 is 0. The van der Waals surface area contributed by atoms with Gasteiger partial charge in [-0.1, -0.05) is 26.0 Å². The second-order valence-corrected chi connectivity index (χ2v) is 4.90. The fourth-order valence-electron chi connectivity index (χ4n) is 1.66. The fraction of sp³-hybridized carbons (Fsp3) is 0.500. The molecule has 0 aliphatic rings. The van der Waals surface area contributed by atoms with Crippen molar-refractivity contribution in [3.8, 4) is 5.75 Å². The molecule has 1 unspecified atom stereocenters. The van der Waals surface area contributed by atoms with Crippen LogP contribution < -0.4 is 5.32 Å². The zero-order chi connectivity index (χ0) is 13.5. The first-order chi connectivity index (χ1) is 8.49. The van der Waals surface area contributed by atoms with Crippen molar-refractivity contribution in [1.29, 1.82) is 0 Å². The van der Waals surface area contributed by atoms with E-state index in [0.717, 1.165) is 12.0 Å². The maximum atomic E-state index is 11.1. The molecule has 4 nitrogen and oxygen atoms in total. The fourth-order valence-corrected chi connectivity index (χ4v) is 1.66. The van der Waals surface area contributed by atoms with Gasteiger partial charge in [0.15, 0.2) is 0 Å². The lowest BCUT2D eigenvalue weighted by Crippen LogP contribution is -2.39. The van der Waals surface area contributed by atoms with Gasteiger partial charge < -0.3 is 15.5 Å². The number of carboxylic acids is 1. The highest BCUT2D eigenvalue weighted by Gasteiger charge is 2.17. The minimum absolute atomic E-state index is 0.193. The van der Waals surface area contributed by atoms with Crippen LogP contribution in [0, 0.1) is 5.92 Å². The van der Waals surface area contributed by atoms with Gasteiger partial charge in [-0.2, -0.15) is 0 Å². The molecule has 0 aliphatic heterocycles. The second kappa shape index (κ2) is 7.01. The first-order valence-corrected chi connectivity index (χ1v) is 6.23. The van der Waals surface area contributed by atoms with Crippen LogP contribution >= 0.6 is 0 Å².